The molecular formula is C14H14N4S. The number of thioether (sulfide) groups is 1. The fraction of sp³-hybridized carbons (Fsp3) is 0.214. The van der Waals surface area contributed by atoms with Gasteiger partial charge in [0, 0.05) is 5.75 Å². The predicted octanol–water partition coefficient (Wildman–Crippen LogP) is 3.26. The number of nitrogens with one attached hydrogen (secondary N) is 1. The van der Waals surface area contributed by atoms with E-state index < -0.39 is 0 Å². The molecule has 2 aromatic heterocycles. The summed E-state index contributed by atoms with van der Waals surface area (Å²) in [7, 11) is 0. The van der Waals surface area contributed by atoms with E-state index in [0.717, 1.165) is 21.8 Å². The number of hydrogen-bond donors (Lipinski definition) is 1. The molecule has 0 aliphatic carbocycles. The molecule has 0 amide bonds. The van der Waals surface area contributed by atoms with Crippen LogP contribution in [0.25, 0.3) is 11.0 Å². The quantitative estimate of drug-likeness (QED) is 0.586. The van der Waals surface area contributed by atoms with Crippen LogP contribution in [0.15, 0.2) is 35.7 Å². The Morgan fingerprint density at radius 2 is 2.11 bits per heavy atom. The largest absolute Gasteiger partial charge is 0.261 e. The third-order valence-electron chi connectivity index (χ3n) is 3.08. The zero-order valence-electron chi connectivity index (χ0n) is 10.8. The number of H-pyrrole nitrogens is 1. The topological polar surface area (TPSA) is 54.5 Å². The van der Waals surface area contributed by atoms with E-state index in [9.17, 15) is 0 Å². The van der Waals surface area contributed by atoms with Crippen LogP contribution < -0.4 is 0 Å². The van der Waals surface area contributed by atoms with Crippen LogP contribution in [0.2, 0.25) is 0 Å². The summed E-state index contributed by atoms with van der Waals surface area (Å²) < 4.78 is 0. The first-order chi connectivity index (χ1) is 9.24. The maximum atomic E-state index is 4.34. The lowest BCUT2D eigenvalue weighted by atomic mass is 10.1. The number of aryl methyl sites for hydroxylation is 2. The third kappa shape index (κ3) is 2.46. The summed E-state index contributed by atoms with van der Waals surface area (Å²) in [6.45, 7) is 4.26. The van der Waals surface area contributed by atoms with Crippen molar-refractivity contribution in [2.75, 3.05) is 0 Å². The third-order valence-corrected chi connectivity index (χ3v) is 4.13. The molecule has 0 saturated carbocycles. The maximum absolute atomic E-state index is 4.34. The molecule has 4 nitrogen and oxygen atoms in total. The van der Waals surface area contributed by atoms with E-state index in [4.69, 9.17) is 0 Å². The highest BCUT2D eigenvalue weighted by molar-refractivity contribution is 7.98. The van der Waals surface area contributed by atoms with Crippen molar-refractivity contribution in [1.82, 2.24) is 20.2 Å². The van der Waals surface area contributed by atoms with Crippen LogP contribution in [0.4, 0.5) is 0 Å². The average Bonchev–Trinajstić information content (AvgIpc) is 2.88. The van der Waals surface area contributed by atoms with E-state index >= 15 is 0 Å². The van der Waals surface area contributed by atoms with E-state index in [1.54, 1.807) is 24.3 Å². The molecule has 3 rings (SSSR count). The highest BCUT2D eigenvalue weighted by Crippen LogP contribution is 2.27. The first-order valence-corrected chi connectivity index (χ1v) is 7.05. The molecule has 0 aliphatic heterocycles. The van der Waals surface area contributed by atoms with Gasteiger partial charge >= 0.3 is 0 Å². The Balaban J connectivity index is 1.86. The molecule has 0 unspecified atom stereocenters. The Labute approximate surface area is 115 Å². The van der Waals surface area contributed by atoms with Gasteiger partial charge in [0.25, 0.3) is 0 Å². The van der Waals surface area contributed by atoms with Gasteiger partial charge in [-0.2, -0.15) is 5.10 Å². The van der Waals surface area contributed by atoms with Gasteiger partial charge in [-0.05, 0) is 25.0 Å². The number of benzene rings is 1. The Hall–Kier alpha value is -1.88. The molecule has 1 N–H and O–H groups in total. The summed E-state index contributed by atoms with van der Waals surface area (Å²) in [6, 6.07) is 6.54. The van der Waals surface area contributed by atoms with Crippen molar-refractivity contribution in [2.45, 2.75) is 24.6 Å². The number of fused-ring (bicyclic) bond motifs is 1. The van der Waals surface area contributed by atoms with Gasteiger partial charge in [-0.15, -0.1) is 11.8 Å². The van der Waals surface area contributed by atoms with E-state index in [1.165, 1.54) is 16.7 Å². The Morgan fingerprint density at radius 1 is 1.21 bits per heavy atom. The molecular weight excluding hydrogens is 256 g/mol. The molecule has 19 heavy (non-hydrogen) atoms. The van der Waals surface area contributed by atoms with Gasteiger partial charge in [-0.3, -0.25) is 5.10 Å². The van der Waals surface area contributed by atoms with Crippen molar-refractivity contribution in [3.63, 3.8) is 0 Å². The van der Waals surface area contributed by atoms with Crippen molar-refractivity contribution in [3.05, 3.63) is 47.4 Å². The van der Waals surface area contributed by atoms with Crippen LogP contribution in [-0.4, -0.2) is 20.2 Å². The second-order valence-electron chi connectivity index (χ2n) is 4.53. The lowest BCUT2D eigenvalue weighted by Gasteiger charge is -2.06. The fourth-order valence-electron chi connectivity index (χ4n) is 1.96. The normalized spacial score (nSPS) is 11.1. The summed E-state index contributed by atoms with van der Waals surface area (Å²) >= 11 is 1.72. The van der Waals surface area contributed by atoms with E-state index in [1.807, 2.05) is 0 Å². The molecule has 0 atom stereocenters. The van der Waals surface area contributed by atoms with Gasteiger partial charge in [-0.1, -0.05) is 23.8 Å². The Kier molecular flexibility index (Phi) is 3.21. The molecule has 2 heterocycles. The molecule has 3 aromatic rings. The lowest BCUT2D eigenvalue weighted by Crippen LogP contribution is -1.90. The molecule has 5 heteroatoms. The highest BCUT2D eigenvalue weighted by Gasteiger charge is 2.07. The zero-order valence-corrected chi connectivity index (χ0v) is 11.7. The van der Waals surface area contributed by atoms with E-state index in [-0.39, 0.29) is 0 Å². The van der Waals surface area contributed by atoms with E-state index in [0.29, 0.717) is 0 Å². The minimum atomic E-state index is 0.790. The standard InChI is InChI=1S/C14H14N4S/c1-9-3-4-10(2)11(5-9)7-19-14-12-6-17-18-13(12)15-8-16-14/h3-6,8H,7H2,1-2H3,(H,15,16,17,18). The van der Waals surface area contributed by atoms with Gasteiger partial charge in [-0.25, -0.2) is 9.97 Å². The summed E-state index contributed by atoms with van der Waals surface area (Å²) in [5.74, 6) is 0.908. The predicted molar refractivity (Wildman–Crippen MR) is 77.2 cm³/mol. The van der Waals surface area contributed by atoms with Gasteiger partial charge in [0.2, 0.25) is 0 Å². The van der Waals surface area contributed by atoms with Crippen molar-refractivity contribution >= 4 is 22.8 Å². The van der Waals surface area contributed by atoms with E-state index in [2.05, 4.69) is 52.2 Å². The summed E-state index contributed by atoms with van der Waals surface area (Å²) in [5.41, 5.74) is 4.74. The molecule has 0 radical (unpaired) electrons. The number of aromatic nitrogens is 4. The second kappa shape index (κ2) is 5.01. The molecule has 0 saturated heterocycles. The lowest BCUT2D eigenvalue weighted by molar-refractivity contribution is 1.07. The van der Waals surface area contributed by atoms with Crippen molar-refractivity contribution < 1.29 is 0 Å². The van der Waals surface area contributed by atoms with Crippen LogP contribution in [0.3, 0.4) is 0 Å². The highest BCUT2D eigenvalue weighted by atomic mass is 32.2. The number of aromatic amines is 1. The number of rotatable bonds is 3. The second-order valence-corrected chi connectivity index (χ2v) is 5.49. The van der Waals surface area contributed by atoms with Gasteiger partial charge in [0.15, 0.2) is 5.65 Å². The van der Waals surface area contributed by atoms with Crippen LogP contribution in [0.5, 0.6) is 0 Å². The van der Waals surface area contributed by atoms with Gasteiger partial charge < -0.3 is 0 Å². The summed E-state index contributed by atoms with van der Waals surface area (Å²) in [6.07, 6.45) is 3.35. The first-order valence-electron chi connectivity index (χ1n) is 6.07. The Bertz CT molecular complexity index is 720. The zero-order chi connectivity index (χ0) is 13.2. The average molecular weight is 270 g/mol. The smallest absolute Gasteiger partial charge is 0.159 e. The van der Waals surface area contributed by atoms with Crippen LogP contribution in [0, 0.1) is 13.8 Å². The van der Waals surface area contributed by atoms with Crippen molar-refractivity contribution in [3.8, 4) is 0 Å². The summed E-state index contributed by atoms with van der Waals surface area (Å²) in [4.78, 5) is 8.48. The number of nitrogens with zero attached hydrogens (tertiary/aromatic N) is 3. The summed E-state index contributed by atoms with van der Waals surface area (Å²) in [5, 5.41) is 8.83. The van der Waals surface area contributed by atoms with Crippen LogP contribution in [0.1, 0.15) is 16.7 Å². The first kappa shape index (κ1) is 12.2. The molecule has 0 aliphatic rings. The fourth-order valence-corrected chi connectivity index (χ4v) is 2.99. The molecule has 0 fully saturated rings. The van der Waals surface area contributed by atoms with Crippen LogP contribution in [-0.2, 0) is 5.75 Å². The molecule has 0 spiro atoms. The van der Waals surface area contributed by atoms with Gasteiger partial charge in [0.05, 0.1) is 11.6 Å². The molecule has 0 bridgehead atoms. The van der Waals surface area contributed by atoms with Crippen molar-refractivity contribution in [1.29, 1.82) is 0 Å². The van der Waals surface area contributed by atoms with Crippen molar-refractivity contribution in [2.24, 2.45) is 0 Å². The monoisotopic (exact) mass is 270 g/mol. The molecule has 1 aromatic carbocycles. The maximum Gasteiger partial charge on any atom is 0.159 e. The minimum Gasteiger partial charge on any atom is -0.261 e. The Morgan fingerprint density at radius 3 is 3.00 bits per heavy atom. The van der Waals surface area contributed by atoms with Gasteiger partial charge in [0.1, 0.15) is 11.4 Å². The SMILES string of the molecule is Cc1ccc(C)c(CSc2ncnc3[nH]ncc23)c1. The number of hydrogen-bond acceptors (Lipinski definition) is 4. The minimum absolute atomic E-state index is 0.790. The van der Waals surface area contributed by atoms with Crippen LogP contribution >= 0.6 is 11.8 Å². The molecule has 96 valence electrons.